The van der Waals surface area contributed by atoms with Crippen molar-refractivity contribution in [1.29, 1.82) is 5.26 Å². The minimum atomic E-state index is -0.111. The van der Waals surface area contributed by atoms with Gasteiger partial charge in [-0.1, -0.05) is 13.3 Å². The first kappa shape index (κ1) is 8.59. The standard InChI is InChI=1S/C10H17N/c1-4-10(6-5-7-10)9(2,3)8-11/h4-7H2,1-3H3. The molecule has 62 valence electrons. The summed E-state index contributed by atoms with van der Waals surface area (Å²) in [6, 6.07) is 2.44. The maximum absolute atomic E-state index is 8.98. The first-order valence-corrected chi connectivity index (χ1v) is 4.49. The molecule has 0 aromatic heterocycles. The Labute approximate surface area is 69.4 Å². The van der Waals surface area contributed by atoms with Crippen molar-refractivity contribution >= 4 is 0 Å². The molecule has 1 aliphatic carbocycles. The zero-order valence-electron chi connectivity index (χ0n) is 7.78. The Morgan fingerprint density at radius 3 is 2.09 bits per heavy atom. The molecule has 11 heavy (non-hydrogen) atoms. The Balaban J connectivity index is 2.78. The third-order valence-electron chi connectivity index (χ3n) is 3.59. The van der Waals surface area contributed by atoms with Crippen molar-refractivity contribution in [1.82, 2.24) is 0 Å². The summed E-state index contributed by atoms with van der Waals surface area (Å²) < 4.78 is 0. The zero-order chi connectivity index (χ0) is 8.54. The molecule has 0 N–H and O–H groups in total. The lowest BCUT2D eigenvalue weighted by molar-refractivity contribution is 0.0185. The molecule has 1 saturated carbocycles. The third-order valence-corrected chi connectivity index (χ3v) is 3.59. The molecule has 0 radical (unpaired) electrons. The van der Waals surface area contributed by atoms with E-state index in [-0.39, 0.29) is 5.41 Å². The highest BCUT2D eigenvalue weighted by atomic mass is 14.5. The Bertz CT molecular complexity index is 176. The van der Waals surface area contributed by atoms with Crippen molar-refractivity contribution in [3.8, 4) is 6.07 Å². The van der Waals surface area contributed by atoms with Gasteiger partial charge in [-0.05, 0) is 38.5 Å². The van der Waals surface area contributed by atoms with Crippen LogP contribution in [0.4, 0.5) is 0 Å². The van der Waals surface area contributed by atoms with Gasteiger partial charge in [0.1, 0.15) is 0 Å². The third kappa shape index (κ3) is 1.05. The van der Waals surface area contributed by atoms with Crippen molar-refractivity contribution in [2.24, 2.45) is 10.8 Å². The summed E-state index contributed by atoms with van der Waals surface area (Å²) in [5.41, 5.74) is 0.238. The summed E-state index contributed by atoms with van der Waals surface area (Å²) in [5.74, 6) is 0. The van der Waals surface area contributed by atoms with E-state index < -0.39 is 0 Å². The van der Waals surface area contributed by atoms with Gasteiger partial charge in [0.2, 0.25) is 0 Å². The number of hydrogen-bond donors (Lipinski definition) is 0. The summed E-state index contributed by atoms with van der Waals surface area (Å²) >= 11 is 0. The van der Waals surface area contributed by atoms with Gasteiger partial charge in [-0.2, -0.15) is 5.26 Å². The van der Waals surface area contributed by atoms with Crippen LogP contribution in [0.25, 0.3) is 0 Å². The molecule has 0 spiro atoms. The highest BCUT2D eigenvalue weighted by Crippen LogP contribution is 2.55. The van der Waals surface area contributed by atoms with Crippen molar-refractivity contribution in [3.05, 3.63) is 0 Å². The van der Waals surface area contributed by atoms with E-state index in [0.717, 1.165) is 6.42 Å². The fraction of sp³-hybridized carbons (Fsp3) is 0.900. The molecule has 1 heteroatoms. The van der Waals surface area contributed by atoms with Crippen LogP contribution in [0.5, 0.6) is 0 Å². The molecular weight excluding hydrogens is 134 g/mol. The first-order valence-electron chi connectivity index (χ1n) is 4.49. The van der Waals surface area contributed by atoms with E-state index >= 15 is 0 Å². The van der Waals surface area contributed by atoms with Crippen LogP contribution < -0.4 is 0 Å². The van der Waals surface area contributed by atoms with Gasteiger partial charge in [0.25, 0.3) is 0 Å². The lowest BCUT2D eigenvalue weighted by Crippen LogP contribution is -2.42. The number of rotatable bonds is 2. The highest BCUT2D eigenvalue weighted by Gasteiger charge is 2.47. The van der Waals surface area contributed by atoms with Gasteiger partial charge in [0, 0.05) is 0 Å². The van der Waals surface area contributed by atoms with E-state index in [9.17, 15) is 0 Å². The smallest absolute Gasteiger partial charge is 0.0689 e. The fourth-order valence-corrected chi connectivity index (χ4v) is 2.14. The molecule has 0 unspecified atom stereocenters. The second-order valence-electron chi connectivity index (χ2n) is 4.22. The fourth-order valence-electron chi connectivity index (χ4n) is 2.14. The minimum absolute atomic E-state index is 0.111. The molecule has 0 amide bonds. The monoisotopic (exact) mass is 151 g/mol. The van der Waals surface area contributed by atoms with E-state index in [4.69, 9.17) is 5.26 Å². The van der Waals surface area contributed by atoms with Gasteiger partial charge in [-0.25, -0.2) is 0 Å². The molecule has 0 atom stereocenters. The van der Waals surface area contributed by atoms with E-state index in [0.29, 0.717) is 5.41 Å². The molecule has 0 aromatic rings. The topological polar surface area (TPSA) is 23.8 Å². The van der Waals surface area contributed by atoms with Crippen LogP contribution in [0.3, 0.4) is 0 Å². The molecule has 0 saturated heterocycles. The number of hydrogen-bond acceptors (Lipinski definition) is 1. The van der Waals surface area contributed by atoms with Crippen LogP contribution in [0.15, 0.2) is 0 Å². The SMILES string of the molecule is CCC1(C(C)(C)C#N)CCC1. The summed E-state index contributed by atoms with van der Waals surface area (Å²) in [7, 11) is 0. The van der Waals surface area contributed by atoms with Gasteiger partial charge in [-0.15, -0.1) is 0 Å². The van der Waals surface area contributed by atoms with Crippen LogP contribution in [0.2, 0.25) is 0 Å². The Hall–Kier alpha value is -0.510. The molecule has 0 aromatic carbocycles. The Morgan fingerprint density at radius 2 is 2.00 bits per heavy atom. The van der Waals surface area contributed by atoms with E-state index in [1.165, 1.54) is 19.3 Å². The van der Waals surface area contributed by atoms with Gasteiger partial charge in [-0.3, -0.25) is 0 Å². The van der Waals surface area contributed by atoms with Gasteiger partial charge in [0.05, 0.1) is 11.5 Å². The Morgan fingerprint density at radius 1 is 1.45 bits per heavy atom. The minimum Gasteiger partial charge on any atom is -0.198 e. The summed E-state index contributed by atoms with van der Waals surface area (Å²) in [6.45, 7) is 6.36. The first-order chi connectivity index (χ1) is 5.08. The van der Waals surface area contributed by atoms with Crippen LogP contribution >= 0.6 is 0 Å². The summed E-state index contributed by atoms with van der Waals surface area (Å²) in [4.78, 5) is 0. The quantitative estimate of drug-likeness (QED) is 0.595. The molecule has 0 bridgehead atoms. The molecule has 1 fully saturated rings. The van der Waals surface area contributed by atoms with Crippen molar-refractivity contribution in [2.75, 3.05) is 0 Å². The average Bonchev–Trinajstić information content (AvgIpc) is 1.86. The lowest BCUT2D eigenvalue weighted by Gasteiger charge is -2.49. The van der Waals surface area contributed by atoms with Crippen LogP contribution in [0.1, 0.15) is 46.5 Å². The average molecular weight is 151 g/mol. The normalized spacial score (nSPS) is 22.0. The molecule has 0 heterocycles. The maximum atomic E-state index is 8.98. The predicted octanol–water partition coefficient (Wildman–Crippen LogP) is 3.12. The lowest BCUT2D eigenvalue weighted by atomic mass is 9.54. The maximum Gasteiger partial charge on any atom is 0.0689 e. The van der Waals surface area contributed by atoms with Crippen molar-refractivity contribution in [3.63, 3.8) is 0 Å². The summed E-state index contributed by atoms with van der Waals surface area (Å²) in [5, 5.41) is 8.98. The molecule has 1 nitrogen and oxygen atoms in total. The summed E-state index contributed by atoms with van der Waals surface area (Å²) in [6.07, 6.45) is 4.99. The number of nitriles is 1. The number of nitrogens with zero attached hydrogens (tertiary/aromatic N) is 1. The zero-order valence-corrected chi connectivity index (χ0v) is 7.78. The van der Waals surface area contributed by atoms with Crippen molar-refractivity contribution in [2.45, 2.75) is 46.5 Å². The molecule has 1 aliphatic rings. The van der Waals surface area contributed by atoms with Gasteiger partial charge >= 0.3 is 0 Å². The van der Waals surface area contributed by atoms with E-state index in [1.807, 2.05) is 0 Å². The van der Waals surface area contributed by atoms with Crippen molar-refractivity contribution < 1.29 is 0 Å². The molecular formula is C10H17N. The second-order valence-corrected chi connectivity index (χ2v) is 4.22. The van der Waals surface area contributed by atoms with E-state index in [2.05, 4.69) is 26.8 Å². The van der Waals surface area contributed by atoms with E-state index in [1.54, 1.807) is 0 Å². The largest absolute Gasteiger partial charge is 0.198 e. The van der Waals surface area contributed by atoms with Crippen LogP contribution in [-0.2, 0) is 0 Å². The predicted molar refractivity (Wildman–Crippen MR) is 46.0 cm³/mol. The van der Waals surface area contributed by atoms with Crippen LogP contribution in [0, 0.1) is 22.2 Å². The molecule has 1 rings (SSSR count). The Kier molecular flexibility index (Phi) is 1.96. The van der Waals surface area contributed by atoms with Gasteiger partial charge in [0.15, 0.2) is 0 Å². The highest BCUT2D eigenvalue weighted by molar-refractivity contribution is 5.08. The van der Waals surface area contributed by atoms with Crippen LogP contribution in [-0.4, -0.2) is 0 Å². The molecule has 0 aliphatic heterocycles. The van der Waals surface area contributed by atoms with Gasteiger partial charge < -0.3 is 0 Å². The second kappa shape index (κ2) is 2.52.